The molecule has 0 radical (unpaired) electrons. The van der Waals surface area contributed by atoms with Gasteiger partial charge in [0.1, 0.15) is 0 Å². The molecule has 0 saturated carbocycles. The molecule has 0 aliphatic carbocycles. The number of rotatable bonds is 4. The van der Waals surface area contributed by atoms with Crippen molar-refractivity contribution in [1.29, 1.82) is 0 Å². The molecule has 1 aliphatic rings. The lowest BCUT2D eigenvalue weighted by Crippen LogP contribution is -2.44. The molecular weight excluding hydrogens is 242 g/mol. The van der Waals surface area contributed by atoms with E-state index in [9.17, 15) is 4.21 Å². The third kappa shape index (κ3) is 3.66. The molecule has 3 heteroatoms. The summed E-state index contributed by atoms with van der Waals surface area (Å²) in [6.45, 7) is 8.71. The minimum Gasteiger partial charge on any atom is -0.316 e. The monoisotopic (exact) mass is 265 g/mol. The van der Waals surface area contributed by atoms with Crippen molar-refractivity contribution in [3.8, 4) is 0 Å². The summed E-state index contributed by atoms with van der Waals surface area (Å²) in [6.07, 6.45) is 0. The molecule has 1 heterocycles. The minimum absolute atomic E-state index is 0.190. The summed E-state index contributed by atoms with van der Waals surface area (Å²) in [4.78, 5) is 0. The number of nitrogens with one attached hydrogen (secondary N) is 1. The van der Waals surface area contributed by atoms with Crippen LogP contribution in [0.1, 0.15) is 31.9 Å². The normalized spacial score (nSPS) is 18.4. The van der Waals surface area contributed by atoms with Crippen LogP contribution in [0.25, 0.3) is 0 Å². The Morgan fingerprint density at radius 1 is 1.22 bits per heavy atom. The fraction of sp³-hybridized carbons (Fsp3) is 0.600. The minimum atomic E-state index is -0.717. The Balaban J connectivity index is 1.91. The van der Waals surface area contributed by atoms with Gasteiger partial charge in [-0.3, -0.25) is 4.21 Å². The molecule has 1 atom stereocenters. The van der Waals surface area contributed by atoms with Gasteiger partial charge in [-0.15, -0.1) is 0 Å². The van der Waals surface area contributed by atoms with Crippen molar-refractivity contribution in [1.82, 2.24) is 5.32 Å². The summed E-state index contributed by atoms with van der Waals surface area (Å²) < 4.78 is 12.0. The van der Waals surface area contributed by atoms with Crippen molar-refractivity contribution < 1.29 is 4.21 Å². The summed E-state index contributed by atoms with van der Waals surface area (Å²) in [5.41, 5.74) is 2.71. The topological polar surface area (TPSA) is 29.1 Å². The van der Waals surface area contributed by atoms with Gasteiger partial charge >= 0.3 is 0 Å². The zero-order valence-electron chi connectivity index (χ0n) is 11.5. The average molecular weight is 265 g/mol. The van der Waals surface area contributed by atoms with Crippen LogP contribution in [0.5, 0.6) is 0 Å². The number of benzene rings is 1. The molecule has 2 nitrogen and oxygen atoms in total. The first-order chi connectivity index (χ1) is 8.45. The van der Waals surface area contributed by atoms with E-state index in [2.05, 4.69) is 50.4 Å². The summed E-state index contributed by atoms with van der Waals surface area (Å²) in [6, 6.07) is 8.57. The lowest BCUT2D eigenvalue weighted by molar-refractivity contribution is 0.382. The Bertz CT molecular complexity index is 415. The van der Waals surface area contributed by atoms with Crippen molar-refractivity contribution >= 4 is 10.8 Å². The van der Waals surface area contributed by atoms with Crippen LogP contribution in [0, 0.1) is 5.92 Å². The smallest absolute Gasteiger partial charge is 0.0485 e. The van der Waals surface area contributed by atoms with Crippen LogP contribution in [0.4, 0.5) is 0 Å². The van der Waals surface area contributed by atoms with Crippen molar-refractivity contribution in [2.45, 2.75) is 31.9 Å². The zero-order chi connectivity index (χ0) is 13.2. The molecule has 0 aromatic heterocycles. The lowest BCUT2D eigenvalue weighted by atomic mass is 9.87. The summed E-state index contributed by atoms with van der Waals surface area (Å²) in [7, 11) is -0.717. The van der Waals surface area contributed by atoms with Crippen LogP contribution in [0.3, 0.4) is 0 Å². The highest BCUT2D eigenvalue weighted by Crippen LogP contribution is 2.22. The Labute approximate surface area is 113 Å². The Hall–Kier alpha value is -0.670. The van der Waals surface area contributed by atoms with Gasteiger partial charge in [-0.2, -0.15) is 0 Å². The van der Waals surface area contributed by atoms with Crippen LogP contribution >= 0.6 is 0 Å². The summed E-state index contributed by atoms with van der Waals surface area (Å²) in [5.74, 6) is 2.16. The lowest BCUT2D eigenvalue weighted by Gasteiger charge is -2.26. The largest absolute Gasteiger partial charge is 0.316 e. The molecule has 18 heavy (non-hydrogen) atoms. The van der Waals surface area contributed by atoms with Gasteiger partial charge in [-0.25, -0.2) is 0 Å². The first-order valence-corrected chi connectivity index (χ1v) is 8.09. The van der Waals surface area contributed by atoms with Gasteiger partial charge in [0, 0.05) is 35.4 Å². The number of hydrogen-bond acceptors (Lipinski definition) is 2. The SMILES string of the molecule is CC(C)(C)c1ccc(CS(=O)CC2CNC2)cc1. The van der Waals surface area contributed by atoms with E-state index in [4.69, 9.17) is 0 Å². The standard InChI is InChI=1S/C15H23NOS/c1-15(2,3)14-6-4-12(5-7-14)10-18(17)11-13-8-16-9-13/h4-7,13,16H,8-11H2,1-3H3. The first-order valence-electron chi connectivity index (χ1n) is 6.60. The van der Waals surface area contributed by atoms with E-state index in [1.54, 1.807) is 0 Å². The fourth-order valence-corrected chi connectivity index (χ4v) is 3.52. The van der Waals surface area contributed by atoms with E-state index in [0.717, 1.165) is 18.8 Å². The maximum Gasteiger partial charge on any atom is 0.0485 e. The van der Waals surface area contributed by atoms with Crippen LogP contribution < -0.4 is 5.32 Å². The van der Waals surface area contributed by atoms with E-state index in [1.165, 1.54) is 11.1 Å². The van der Waals surface area contributed by atoms with Crippen molar-refractivity contribution in [3.63, 3.8) is 0 Å². The van der Waals surface area contributed by atoms with Crippen molar-refractivity contribution in [2.75, 3.05) is 18.8 Å². The molecule has 100 valence electrons. The molecular formula is C15H23NOS. The maximum absolute atomic E-state index is 12.0. The Morgan fingerprint density at radius 2 is 1.83 bits per heavy atom. The quantitative estimate of drug-likeness (QED) is 0.906. The molecule has 1 N–H and O–H groups in total. The van der Waals surface area contributed by atoms with E-state index in [-0.39, 0.29) is 5.41 Å². The molecule has 1 saturated heterocycles. The molecule has 1 unspecified atom stereocenters. The van der Waals surface area contributed by atoms with Gasteiger partial charge in [-0.05, 0) is 22.5 Å². The number of hydrogen-bond donors (Lipinski definition) is 1. The van der Waals surface area contributed by atoms with Gasteiger partial charge in [0.2, 0.25) is 0 Å². The van der Waals surface area contributed by atoms with Crippen molar-refractivity contribution in [3.05, 3.63) is 35.4 Å². The summed E-state index contributed by atoms with van der Waals surface area (Å²) in [5, 5.41) is 3.22. The van der Waals surface area contributed by atoms with E-state index in [0.29, 0.717) is 11.7 Å². The van der Waals surface area contributed by atoms with Crippen LogP contribution in [-0.4, -0.2) is 23.1 Å². The molecule has 1 aromatic rings. The van der Waals surface area contributed by atoms with Gasteiger partial charge in [-0.1, -0.05) is 45.0 Å². The third-order valence-corrected chi connectivity index (χ3v) is 4.93. The second kappa shape index (κ2) is 5.54. The van der Waals surface area contributed by atoms with Gasteiger partial charge < -0.3 is 5.32 Å². The molecule has 0 spiro atoms. The predicted octanol–water partition coefficient (Wildman–Crippen LogP) is 2.45. The van der Waals surface area contributed by atoms with Crippen LogP contribution in [0.15, 0.2) is 24.3 Å². The fourth-order valence-electron chi connectivity index (χ4n) is 2.07. The molecule has 1 aromatic carbocycles. The highest BCUT2D eigenvalue weighted by molar-refractivity contribution is 7.84. The van der Waals surface area contributed by atoms with Gasteiger partial charge in [0.15, 0.2) is 0 Å². The van der Waals surface area contributed by atoms with Gasteiger partial charge in [0.25, 0.3) is 0 Å². The van der Waals surface area contributed by atoms with Gasteiger partial charge in [0.05, 0.1) is 0 Å². The first kappa shape index (κ1) is 13.8. The highest BCUT2D eigenvalue weighted by atomic mass is 32.2. The zero-order valence-corrected chi connectivity index (χ0v) is 12.3. The highest BCUT2D eigenvalue weighted by Gasteiger charge is 2.19. The van der Waals surface area contributed by atoms with Crippen molar-refractivity contribution in [2.24, 2.45) is 5.92 Å². The van der Waals surface area contributed by atoms with Crippen LogP contribution in [-0.2, 0) is 22.0 Å². The van der Waals surface area contributed by atoms with E-state index >= 15 is 0 Å². The van der Waals surface area contributed by atoms with E-state index in [1.807, 2.05) is 0 Å². The Morgan fingerprint density at radius 3 is 2.28 bits per heavy atom. The molecule has 2 rings (SSSR count). The third-order valence-electron chi connectivity index (χ3n) is 3.44. The molecule has 1 aliphatic heterocycles. The molecule has 0 bridgehead atoms. The maximum atomic E-state index is 12.0. The Kier molecular flexibility index (Phi) is 4.23. The second-order valence-corrected chi connectivity index (χ2v) is 7.72. The van der Waals surface area contributed by atoms with Crippen LogP contribution in [0.2, 0.25) is 0 Å². The molecule has 1 fully saturated rings. The molecule has 0 amide bonds. The second-order valence-electron chi connectivity index (χ2n) is 6.22. The average Bonchev–Trinajstić information content (AvgIpc) is 2.23. The predicted molar refractivity (Wildman–Crippen MR) is 78.2 cm³/mol. The summed E-state index contributed by atoms with van der Waals surface area (Å²) >= 11 is 0. The van der Waals surface area contributed by atoms with E-state index < -0.39 is 10.8 Å².